The molecule has 27 heavy (non-hydrogen) atoms. The van der Waals surface area contributed by atoms with Crippen LogP contribution in [0.25, 0.3) is 0 Å². The van der Waals surface area contributed by atoms with Gasteiger partial charge in [0.05, 0.1) is 12.2 Å². The van der Waals surface area contributed by atoms with Gasteiger partial charge in [0, 0.05) is 25.8 Å². The molecular formula is C18H27NO7P+. The Bertz CT molecular complexity index is 613. The van der Waals surface area contributed by atoms with Gasteiger partial charge in [0.25, 0.3) is 0 Å². The number of hydrogen-bond donors (Lipinski definition) is 3. The first-order valence-corrected chi connectivity index (χ1v) is 9.87. The lowest BCUT2D eigenvalue weighted by Crippen LogP contribution is -2.60. The van der Waals surface area contributed by atoms with E-state index < -0.39 is 32.2 Å². The van der Waals surface area contributed by atoms with Crippen LogP contribution < -0.4 is 5.32 Å². The van der Waals surface area contributed by atoms with E-state index in [1.54, 1.807) is 38.1 Å². The summed E-state index contributed by atoms with van der Waals surface area (Å²) in [7, 11) is -1.07. The van der Waals surface area contributed by atoms with E-state index in [4.69, 9.17) is 19.3 Å². The topological polar surface area (TPSA) is 114 Å². The molecule has 0 aliphatic carbocycles. The average molecular weight is 400 g/mol. The zero-order chi connectivity index (χ0) is 19.9. The monoisotopic (exact) mass is 400 g/mol. The fourth-order valence-corrected chi connectivity index (χ4v) is 3.56. The van der Waals surface area contributed by atoms with Crippen molar-refractivity contribution in [3.8, 4) is 0 Å². The third-order valence-corrected chi connectivity index (χ3v) is 5.31. The van der Waals surface area contributed by atoms with Gasteiger partial charge in [-0.3, -0.25) is 0 Å². The van der Waals surface area contributed by atoms with Crippen LogP contribution in [0.2, 0.25) is 0 Å². The molecule has 0 bridgehead atoms. The lowest BCUT2D eigenvalue weighted by Gasteiger charge is -2.36. The highest BCUT2D eigenvalue weighted by Gasteiger charge is 2.56. The van der Waals surface area contributed by atoms with Gasteiger partial charge in [-0.15, -0.1) is 0 Å². The molecule has 3 N–H and O–H groups in total. The van der Waals surface area contributed by atoms with Crippen molar-refractivity contribution < 1.29 is 33.8 Å². The van der Waals surface area contributed by atoms with Gasteiger partial charge in [-0.25, -0.2) is 4.79 Å². The number of aromatic carboxylic acids is 1. The Morgan fingerprint density at radius 1 is 1.33 bits per heavy atom. The summed E-state index contributed by atoms with van der Waals surface area (Å²) in [4.78, 5) is 10.9. The maximum absolute atomic E-state index is 11.8. The Morgan fingerprint density at radius 2 is 1.96 bits per heavy atom. The van der Waals surface area contributed by atoms with Gasteiger partial charge in [0.15, 0.2) is 0 Å². The van der Waals surface area contributed by atoms with Gasteiger partial charge in [0.2, 0.25) is 6.29 Å². The third kappa shape index (κ3) is 5.54. The fraction of sp³-hybridized carbons (Fsp3) is 0.611. The van der Waals surface area contributed by atoms with E-state index in [-0.39, 0.29) is 11.6 Å². The number of aliphatic hydroxyl groups is 1. The first-order chi connectivity index (χ1) is 12.9. The number of ether oxygens (including phenoxy) is 3. The number of rotatable bonds is 10. The summed E-state index contributed by atoms with van der Waals surface area (Å²) >= 11 is 0. The van der Waals surface area contributed by atoms with E-state index in [0.717, 1.165) is 5.56 Å². The second-order valence-electron chi connectivity index (χ2n) is 6.30. The number of carboxylic acid groups (broad SMARTS) is 1. The second kappa shape index (κ2) is 10.2. The van der Waals surface area contributed by atoms with Gasteiger partial charge in [0.1, 0.15) is 6.10 Å². The molecule has 1 aliphatic heterocycles. The van der Waals surface area contributed by atoms with Crippen molar-refractivity contribution in [2.75, 3.05) is 26.4 Å². The predicted octanol–water partition coefficient (Wildman–Crippen LogP) is 1.40. The van der Waals surface area contributed by atoms with Gasteiger partial charge in [-0.05, 0) is 38.0 Å². The highest BCUT2D eigenvalue weighted by molar-refractivity contribution is 7.25. The molecule has 150 valence electrons. The summed E-state index contributed by atoms with van der Waals surface area (Å²) in [5.74, 6) is -0.959. The van der Waals surface area contributed by atoms with Gasteiger partial charge in [-0.2, -0.15) is 0 Å². The predicted molar refractivity (Wildman–Crippen MR) is 99.6 cm³/mol. The van der Waals surface area contributed by atoms with Crippen LogP contribution in [-0.4, -0.2) is 66.3 Å². The lowest BCUT2D eigenvalue weighted by atomic mass is 10.0. The van der Waals surface area contributed by atoms with Crippen molar-refractivity contribution in [2.24, 2.45) is 0 Å². The highest BCUT2D eigenvalue weighted by Crippen LogP contribution is 2.34. The van der Waals surface area contributed by atoms with Crippen molar-refractivity contribution in [3.63, 3.8) is 0 Å². The van der Waals surface area contributed by atoms with E-state index in [1.165, 1.54) is 0 Å². The van der Waals surface area contributed by atoms with Crippen LogP contribution in [0, 0.1) is 0 Å². The molecule has 0 amide bonds. The molecule has 1 heterocycles. The Hall–Kier alpha value is -1.41. The van der Waals surface area contributed by atoms with Gasteiger partial charge >= 0.3 is 19.8 Å². The molecule has 0 aromatic heterocycles. The van der Waals surface area contributed by atoms with Crippen molar-refractivity contribution in [2.45, 2.75) is 44.0 Å². The van der Waals surface area contributed by atoms with Crippen molar-refractivity contribution in [3.05, 3.63) is 35.4 Å². The summed E-state index contributed by atoms with van der Waals surface area (Å²) < 4.78 is 28.4. The number of hydrogen-bond acceptors (Lipinski definition) is 7. The Balaban J connectivity index is 1.96. The number of benzene rings is 1. The molecule has 4 atom stereocenters. The number of morpholine rings is 1. The Labute approximate surface area is 160 Å². The maximum Gasteiger partial charge on any atom is 0.368 e. The van der Waals surface area contributed by atoms with E-state index in [1.807, 2.05) is 0 Å². The van der Waals surface area contributed by atoms with Crippen LogP contribution in [0.1, 0.15) is 29.8 Å². The zero-order valence-electron chi connectivity index (χ0n) is 15.5. The van der Waals surface area contributed by atoms with E-state index >= 15 is 0 Å². The zero-order valence-corrected chi connectivity index (χ0v) is 16.5. The molecule has 1 aromatic rings. The molecule has 8 nitrogen and oxygen atoms in total. The number of nitrogens with one attached hydrogen (secondary N) is 1. The van der Waals surface area contributed by atoms with Crippen molar-refractivity contribution in [1.82, 2.24) is 5.32 Å². The normalized spacial score (nSPS) is 22.7. The molecule has 1 aromatic carbocycles. The molecule has 1 fully saturated rings. The highest BCUT2D eigenvalue weighted by atomic mass is 31.1. The Kier molecular flexibility index (Phi) is 8.28. The third-order valence-electron chi connectivity index (χ3n) is 4.42. The quantitative estimate of drug-likeness (QED) is 0.399. The van der Waals surface area contributed by atoms with Crippen LogP contribution >= 0.6 is 8.46 Å². The van der Waals surface area contributed by atoms with Gasteiger partial charge < -0.3 is 29.7 Å². The smallest absolute Gasteiger partial charge is 0.368 e. The number of carbonyl (C=O) groups is 1. The van der Waals surface area contributed by atoms with E-state index in [9.17, 15) is 14.5 Å². The molecule has 0 spiro atoms. The Morgan fingerprint density at radius 3 is 2.41 bits per heavy atom. The van der Waals surface area contributed by atoms with Crippen molar-refractivity contribution >= 4 is 14.4 Å². The molecule has 1 saturated heterocycles. The van der Waals surface area contributed by atoms with Crippen LogP contribution in [-0.2, 0) is 25.2 Å². The molecule has 2 rings (SSSR count). The number of carboxylic acids is 1. The lowest BCUT2D eigenvalue weighted by molar-refractivity contribution is -0.238. The largest absolute Gasteiger partial charge is 0.478 e. The SMILES string of the molecule is CCOC(OCC)C(O)([PH+]=O)[C@@H]1CN[C@H](Cc2ccc(C(=O)O)cc2)CO1. The minimum Gasteiger partial charge on any atom is -0.478 e. The molecule has 9 heteroatoms. The summed E-state index contributed by atoms with van der Waals surface area (Å²) in [6, 6.07) is 6.67. The molecular weight excluding hydrogens is 373 g/mol. The summed E-state index contributed by atoms with van der Waals surface area (Å²) in [5, 5.41) is 21.3. The molecule has 2 unspecified atom stereocenters. The summed E-state index contributed by atoms with van der Waals surface area (Å²) in [6.45, 7) is 4.76. The molecule has 0 radical (unpaired) electrons. The van der Waals surface area contributed by atoms with Crippen LogP contribution in [0.5, 0.6) is 0 Å². The van der Waals surface area contributed by atoms with Crippen LogP contribution in [0.3, 0.4) is 0 Å². The van der Waals surface area contributed by atoms with E-state index in [2.05, 4.69) is 5.32 Å². The van der Waals surface area contributed by atoms with Crippen LogP contribution in [0.4, 0.5) is 0 Å². The summed E-state index contributed by atoms with van der Waals surface area (Å²) in [5.41, 5.74) is 1.22. The second-order valence-corrected chi connectivity index (χ2v) is 7.31. The minimum atomic E-state index is -1.76. The summed E-state index contributed by atoms with van der Waals surface area (Å²) in [6.07, 6.45) is -1.12. The maximum atomic E-state index is 11.8. The molecule has 1 aliphatic rings. The minimum absolute atomic E-state index is 0.00574. The first kappa shape index (κ1) is 21.9. The van der Waals surface area contributed by atoms with E-state index in [0.29, 0.717) is 32.8 Å². The molecule has 0 saturated carbocycles. The first-order valence-electron chi connectivity index (χ1n) is 8.96. The van der Waals surface area contributed by atoms with Crippen molar-refractivity contribution in [1.29, 1.82) is 0 Å². The standard InChI is InChI=1S/C18H26NO7P/c1-3-24-17(25-4-2)18(22,27-23)15-10-19-14(11-26-15)9-12-5-7-13(8-6-12)16(20)21/h5-8,14-15,17,19,22H,3-4,9-11H2,1-2H3,(H,20,21)/p+1/t14-,15+,18?/m1/s1. The fourth-order valence-electron chi connectivity index (χ4n) is 2.98. The van der Waals surface area contributed by atoms with Crippen LogP contribution in [0.15, 0.2) is 24.3 Å². The van der Waals surface area contributed by atoms with Gasteiger partial charge in [-0.1, -0.05) is 16.7 Å². The average Bonchev–Trinajstić information content (AvgIpc) is 2.68.